The fourth-order valence-electron chi connectivity index (χ4n) is 15.4. The van der Waals surface area contributed by atoms with E-state index >= 15 is 0 Å². The molecule has 0 aromatic heterocycles. The molecule has 0 saturated heterocycles. The Labute approximate surface area is 423 Å². The summed E-state index contributed by atoms with van der Waals surface area (Å²) in [6, 6.07) is 26.1. The minimum Gasteiger partial charge on any atom is -0.376 e. The normalized spacial score (nSPS) is 29.3. The minimum atomic E-state index is 0.0286. The molecule has 3 heteroatoms. The molecule has 71 heavy (non-hydrogen) atoms. The van der Waals surface area contributed by atoms with Crippen LogP contribution in [0.2, 0.25) is 0 Å². The predicted molar refractivity (Wildman–Crippen MR) is 296 cm³/mol. The summed E-state index contributed by atoms with van der Waals surface area (Å²) in [4.78, 5) is 5.65. The second-order valence-electron chi connectivity index (χ2n) is 24.1. The average Bonchev–Trinajstić information content (AvgIpc) is 3.84. The van der Waals surface area contributed by atoms with Crippen molar-refractivity contribution in [2.45, 2.75) is 105 Å². The van der Waals surface area contributed by atoms with Crippen LogP contribution < -0.4 is 15.1 Å². The summed E-state index contributed by atoms with van der Waals surface area (Å²) in [5.41, 5.74) is 28.2. The van der Waals surface area contributed by atoms with Gasteiger partial charge in [0.1, 0.15) is 0 Å². The van der Waals surface area contributed by atoms with Gasteiger partial charge in [0.25, 0.3) is 0 Å². The Hall–Kier alpha value is -6.32. The molecule has 0 radical (unpaired) electrons. The first kappa shape index (κ1) is 43.5. The molecular formula is C68H69N3. The van der Waals surface area contributed by atoms with Gasteiger partial charge in [-0.15, -0.1) is 0 Å². The topological polar surface area (TPSA) is 18.5 Å². The van der Waals surface area contributed by atoms with Gasteiger partial charge in [-0.1, -0.05) is 171 Å². The highest BCUT2D eigenvalue weighted by molar-refractivity contribution is 5.89. The van der Waals surface area contributed by atoms with E-state index in [4.69, 9.17) is 0 Å². The van der Waals surface area contributed by atoms with E-state index in [1.54, 1.807) is 39.0 Å². The number of benzene rings is 3. The quantitative estimate of drug-likeness (QED) is 0.231. The Morgan fingerprint density at radius 1 is 0.662 bits per heavy atom. The maximum Gasteiger partial charge on any atom is 0.0694 e. The zero-order valence-corrected chi connectivity index (χ0v) is 43.0. The van der Waals surface area contributed by atoms with Crippen molar-refractivity contribution in [3.63, 3.8) is 0 Å². The number of nitrogens with one attached hydrogen (secondary N) is 1. The number of nitrogens with zero attached hydrogens (tertiary/aromatic N) is 2. The molecule has 1 N–H and O–H groups in total. The molecule has 1 heterocycles. The molecule has 0 bridgehead atoms. The monoisotopic (exact) mass is 928 g/mol. The average molecular weight is 928 g/mol. The van der Waals surface area contributed by atoms with Crippen LogP contribution in [-0.4, -0.2) is 6.04 Å². The van der Waals surface area contributed by atoms with Crippen molar-refractivity contribution in [2.75, 3.05) is 15.1 Å². The zero-order valence-electron chi connectivity index (χ0n) is 43.0. The summed E-state index contributed by atoms with van der Waals surface area (Å²) < 4.78 is 0. The van der Waals surface area contributed by atoms with Gasteiger partial charge in [-0.05, 0) is 147 Å². The van der Waals surface area contributed by atoms with Crippen LogP contribution in [0.1, 0.15) is 115 Å². The van der Waals surface area contributed by atoms with Crippen LogP contribution in [-0.2, 0) is 6.42 Å². The summed E-state index contributed by atoms with van der Waals surface area (Å²) in [6.07, 6.45) is 39.0. The predicted octanol–water partition coefficient (Wildman–Crippen LogP) is 16.6. The highest BCUT2D eigenvalue weighted by Gasteiger charge is 2.57. The molecule has 3 aromatic rings. The first-order chi connectivity index (χ1) is 34.5. The largest absolute Gasteiger partial charge is 0.376 e. The van der Waals surface area contributed by atoms with Crippen molar-refractivity contribution in [1.29, 1.82) is 0 Å². The van der Waals surface area contributed by atoms with E-state index in [1.807, 2.05) is 0 Å². The first-order valence-electron chi connectivity index (χ1n) is 27.3. The van der Waals surface area contributed by atoms with Gasteiger partial charge in [0.15, 0.2) is 0 Å². The number of allylic oxidation sites excluding steroid dienone is 22. The molecule has 8 atom stereocenters. The third kappa shape index (κ3) is 6.26. The molecule has 0 fully saturated rings. The Kier molecular flexibility index (Phi) is 9.70. The Balaban J connectivity index is 1.02. The van der Waals surface area contributed by atoms with E-state index in [-0.39, 0.29) is 23.3 Å². The molecular weight excluding hydrogens is 859 g/mol. The van der Waals surface area contributed by atoms with Crippen molar-refractivity contribution >= 4 is 17.1 Å². The number of hydrogen-bond acceptors (Lipinski definition) is 3. The van der Waals surface area contributed by atoms with Gasteiger partial charge in [0.2, 0.25) is 0 Å². The molecule has 0 spiro atoms. The van der Waals surface area contributed by atoms with Crippen LogP contribution in [0.15, 0.2) is 219 Å². The van der Waals surface area contributed by atoms with E-state index in [0.29, 0.717) is 47.3 Å². The fraction of sp³-hybridized carbons (Fsp3) is 0.353. The van der Waals surface area contributed by atoms with Crippen LogP contribution in [0, 0.1) is 46.8 Å². The van der Waals surface area contributed by atoms with Crippen molar-refractivity contribution < 1.29 is 0 Å². The smallest absolute Gasteiger partial charge is 0.0694 e. The van der Waals surface area contributed by atoms with Crippen molar-refractivity contribution in [1.82, 2.24) is 0 Å². The molecule has 0 amide bonds. The van der Waals surface area contributed by atoms with Gasteiger partial charge in [0, 0.05) is 69.8 Å². The molecule has 3 aromatic carbocycles. The molecule has 356 valence electrons. The standard InChI is InChI=1S/C68H69N3/c1-38(2)43-20-12-15-27-55(43)70(57-29-17-24-46-45-22-10-9-19-41(45)35-51(46)57)59-36-42-33-34-68(7,8)53-37-52-62-50(32-31-49(59)63(62)61(42)53)64-60(40(5)6)65(64)67(52)71(56-28-16-13-21-44(56)39(3)4)58-30-18-25-48-47-23-11-14-26-54(47)69-66(48)58/h9-20,22-32,36-40,44,46-47,49,51,54,63-64,69H,21,33-35H2,1-8H3. The number of para-hydroxylation sites is 2. The molecule has 14 rings (SSSR count). The third-order valence-corrected chi connectivity index (χ3v) is 18.8. The number of hydrogen-bond donors (Lipinski definition) is 1. The Morgan fingerprint density at radius 3 is 2.28 bits per heavy atom. The van der Waals surface area contributed by atoms with Gasteiger partial charge in [-0.25, -0.2) is 0 Å². The molecule has 0 saturated carbocycles. The minimum absolute atomic E-state index is 0.0286. The lowest BCUT2D eigenvalue weighted by molar-refractivity contribution is 0.370. The lowest BCUT2D eigenvalue weighted by Crippen LogP contribution is -2.43. The van der Waals surface area contributed by atoms with Crippen molar-refractivity contribution in [3.8, 4) is 0 Å². The molecule has 1 aliphatic heterocycles. The first-order valence-corrected chi connectivity index (χ1v) is 27.3. The summed E-state index contributed by atoms with van der Waals surface area (Å²) in [6.45, 7) is 19.7. The second kappa shape index (κ2) is 15.8. The van der Waals surface area contributed by atoms with Gasteiger partial charge in [-0.2, -0.15) is 0 Å². The molecule has 8 unspecified atom stereocenters. The maximum absolute atomic E-state index is 4.13. The van der Waals surface area contributed by atoms with Crippen molar-refractivity contribution in [2.24, 2.45) is 46.8 Å². The van der Waals surface area contributed by atoms with Crippen LogP contribution in [0.5, 0.6) is 0 Å². The van der Waals surface area contributed by atoms with Crippen molar-refractivity contribution in [3.05, 3.63) is 241 Å². The summed E-state index contributed by atoms with van der Waals surface area (Å²) in [7, 11) is 0. The van der Waals surface area contributed by atoms with Crippen LogP contribution in [0.4, 0.5) is 17.1 Å². The van der Waals surface area contributed by atoms with Crippen LogP contribution in [0.25, 0.3) is 0 Å². The second-order valence-corrected chi connectivity index (χ2v) is 24.1. The van der Waals surface area contributed by atoms with Gasteiger partial charge in [-0.3, -0.25) is 0 Å². The summed E-state index contributed by atoms with van der Waals surface area (Å²) >= 11 is 0. The van der Waals surface area contributed by atoms with E-state index in [2.05, 4.69) is 222 Å². The highest BCUT2D eigenvalue weighted by Crippen LogP contribution is 2.68. The maximum atomic E-state index is 4.13. The van der Waals surface area contributed by atoms with Gasteiger partial charge in [0.05, 0.1) is 23.1 Å². The Bertz CT molecular complexity index is 3290. The van der Waals surface area contributed by atoms with Crippen LogP contribution >= 0.6 is 0 Å². The summed E-state index contributed by atoms with van der Waals surface area (Å²) in [5.74, 6) is 3.44. The fourth-order valence-corrected chi connectivity index (χ4v) is 15.4. The summed E-state index contributed by atoms with van der Waals surface area (Å²) in [5, 5.41) is 4.13. The van der Waals surface area contributed by atoms with E-state index in [1.165, 1.54) is 67.7 Å². The Morgan fingerprint density at radius 2 is 1.44 bits per heavy atom. The van der Waals surface area contributed by atoms with E-state index in [0.717, 1.165) is 25.7 Å². The van der Waals surface area contributed by atoms with Gasteiger partial charge >= 0.3 is 0 Å². The number of fused-ring (bicyclic) bond motifs is 8. The number of rotatable bonds is 9. The third-order valence-electron chi connectivity index (χ3n) is 18.8. The van der Waals surface area contributed by atoms with Crippen LogP contribution in [0.3, 0.4) is 0 Å². The molecule has 10 aliphatic carbocycles. The SMILES string of the molecule is CC(C)C1=C2C(N(C3=CC=CCC3C(C)C)c3cccc4c3NC3C=CC=CC43)=C3C=C4C5=C(C=C(N(C6=CC=CC7c8ccccc8CC67)c6ccccc6C(C)C)C6C=CC(=C3C56)C21)CCC4(C)C. The lowest BCUT2D eigenvalue weighted by atomic mass is 9.54. The molecule has 3 nitrogen and oxygen atoms in total. The van der Waals surface area contributed by atoms with E-state index in [9.17, 15) is 0 Å². The molecule has 11 aliphatic rings. The zero-order chi connectivity index (χ0) is 48.2. The van der Waals surface area contributed by atoms with Gasteiger partial charge < -0.3 is 15.1 Å². The highest BCUT2D eigenvalue weighted by atomic mass is 15.2. The van der Waals surface area contributed by atoms with E-state index < -0.39 is 0 Å². The number of anilines is 3. The lowest BCUT2D eigenvalue weighted by Gasteiger charge is -2.52.